The number of nitrogens with one attached hydrogen (secondary N) is 1. The van der Waals surface area contributed by atoms with Gasteiger partial charge in [0.1, 0.15) is 0 Å². The van der Waals surface area contributed by atoms with Gasteiger partial charge in [0, 0.05) is 34.9 Å². The molecular formula is C18H19BrN4O3S. The Hall–Kier alpha value is -2.13. The van der Waals surface area contributed by atoms with Crippen molar-refractivity contribution in [1.29, 1.82) is 0 Å². The molecule has 3 rings (SSSR count). The Bertz CT molecular complexity index is 832. The monoisotopic (exact) mass is 450 g/mol. The van der Waals surface area contributed by atoms with Gasteiger partial charge in [0.2, 0.25) is 0 Å². The first-order valence-electron chi connectivity index (χ1n) is 8.51. The zero-order valence-corrected chi connectivity index (χ0v) is 17.2. The van der Waals surface area contributed by atoms with Crippen molar-refractivity contribution in [2.75, 3.05) is 25.1 Å². The van der Waals surface area contributed by atoms with Gasteiger partial charge in [-0.3, -0.25) is 10.1 Å². The molecule has 0 aliphatic carbocycles. The highest BCUT2D eigenvalue weighted by atomic mass is 79.9. The third-order valence-corrected chi connectivity index (χ3v) is 5.53. The van der Waals surface area contributed by atoms with E-state index in [4.69, 9.17) is 0 Å². The predicted octanol–water partition coefficient (Wildman–Crippen LogP) is 3.05. The third kappa shape index (κ3) is 5.20. The predicted molar refractivity (Wildman–Crippen MR) is 111 cm³/mol. The number of piperidine rings is 1. The van der Waals surface area contributed by atoms with Crippen molar-refractivity contribution in [2.45, 2.75) is 19.3 Å². The molecule has 0 unspecified atom stereocenters. The molecule has 1 aromatic carbocycles. The number of carbonyl (C=O) groups is 2. The second-order valence-electron chi connectivity index (χ2n) is 5.99. The number of hydrogen-bond donors (Lipinski definition) is 1. The summed E-state index contributed by atoms with van der Waals surface area (Å²) in [7, 11) is 1.26. The van der Waals surface area contributed by atoms with E-state index < -0.39 is 11.9 Å². The molecule has 0 atom stereocenters. The number of amidine groups is 1. The fraction of sp³-hybridized carbons (Fsp3) is 0.333. The van der Waals surface area contributed by atoms with Gasteiger partial charge in [0.05, 0.1) is 18.2 Å². The van der Waals surface area contributed by atoms with Gasteiger partial charge >= 0.3 is 5.97 Å². The number of carbonyl (C=O) groups excluding carboxylic acids is 2. The molecule has 27 heavy (non-hydrogen) atoms. The first-order valence-corrected chi connectivity index (χ1v) is 10.1. The average molecular weight is 451 g/mol. The number of methoxy groups -OCH3 is 1. The van der Waals surface area contributed by atoms with Crippen LogP contribution in [0.2, 0.25) is 0 Å². The van der Waals surface area contributed by atoms with Gasteiger partial charge in [-0.2, -0.15) is 5.10 Å². The van der Waals surface area contributed by atoms with E-state index in [-0.39, 0.29) is 4.91 Å². The molecule has 2 aliphatic heterocycles. The first-order chi connectivity index (χ1) is 13.1. The fourth-order valence-electron chi connectivity index (χ4n) is 2.82. The van der Waals surface area contributed by atoms with Crippen LogP contribution in [0.15, 0.2) is 43.9 Å². The molecular weight excluding hydrogens is 432 g/mol. The lowest BCUT2D eigenvalue weighted by atomic mass is 10.1. The normalized spacial score (nSPS) is 20.5. The summed E-state index contributed by atoms with van der Waals surface area (Å²) in [4.78, 5) is 25.7. The summed E-state index contributed by atoms with van der Waals surface area (Å²) in [6.45, 7) is 2.05. The first kappa shape index (κ1) is 19.6. The Balaban J connectivity index is 1.75. The van der Waals surface area contributed by atoms with Crippen LogP contribution >= 0.6 is 27.7 Å². The van der Waals surface area contributed by atoms with Crippen LogP contribution < -0.4 is 10.2 Å². The molecule has 142 valence electrons. The summed E-state index contributed by atoms with van der Waals surface area (Å²) >= 11 is 4.58. The van der Waals surface area contributed by atoms with Crippen molar-refractivity contribution in [1.82, 2.24) is 5.32 Å². The Morgan fingerprint density at radius 3 is 2.85 bits per heavy atom. The van der Waals surface area contributed by atoms with E-state index in [0.29, 0.717) is 5.17 Å². The Morgan fingerprint density at radius 1 is 1.33 bits per heavy atom. The van der Waals surface area contributed by atoms with Gasteiger partial charge in [0.25, 0.3) is 5.91 Å². The average Bonchev–Trinajstić information content (AvgIpc) is 3.02. The zero-order chi connectivity index (χ0) is 19.2. The molecule has 2 fully saturated rings. The molecule has 0 spiro atoms. The molecule has 7 nitrogen and oxygen atoms in total. The lowest BCUT2D eigenvalue weighted by Gasteiger charge is -2.30. The molecule has 0 radical (unpaired) electrons. The van der Waals surface area contributed by atoms with Gasteiger partial charge in [0.15, 0.2) is 5.17 Å². The van der Waals surface area contributed by atoms with Crippen LogP contribution in [-0.2, 0) is 14.3 Å². The number of hydrogen-bond acceptors (Lipinski definition) is 7. The fourth-order valence-corrected chi connectivity index (χ4v) is 3.91. The van der Waals surface area contributed by atoms with Gasteiger partial charge in [-0.1, -0.05) is 22.0 Å². The maximum Gasteiger partial charge on any atom is 0.331 e. The van der Waals surface area contributed by atoms with Crippen LogP contribution in [-0.4, -0.2) is 43.5 Å². The van der Waals surface area contributed by atoms with E-state index in [2.05, 4.69) is 47.2 Å². The summed E-state index contributed by atoms with van der Waals surface area (Å²) in [5.74, 6) is -0.976. The molecule has 1 N–H and O–H groups in total. The number of benzene rings is 1. The van der Waals surface area contributed by atoms with Crippen molar-refractivity contribution in [2.24, 2.45) is 10.2 Å². The maximum absolute atomic E-state index is 11.8. The van der Waals surface area contributed by atoms with E-state index in [1.807, 2.05) is 12.1 Å². The van der Waals surface area contributed by atoms with Gasteiger partial charge < -0.3 is 9.64 Å². The second kappa shape index (κ2) is 9.18. The molecule has 1 amide bonds. The number of rotatable bonds is 4. The topological polar surface area (TPSA) is 83.4 Å². The molecule has 2 heterocycles. The highest BCUT2D eigenvalue weighted by molar-refractivity contribution is 9.10. The molecule has 2 saturated heterocycles. The van der Waals surface area contributed by atoms with Crippen molar-refractivity contribution in [3.63, 3.8) is 0 Å². The lowest BCUT2D eigenvalue weighted by molar-refractivity contribution is -0.135. The van der Waals surface area contributed by atoms with Crippen LogP contribution in [0, 0.1) is 0 Å². The van der Waals surface area contributed by atoms with E-state index in [1.54, 1.807) is 6.21 Å². The highest BCUT2D eigenvalue weighted by Crippen LogP contribution is 2.27. The lowest BCUT2D eigenvalue weighted by Crippen LogP contribution is -2.30. The minimum Gasteiger partial charge on any atom is -0.466 e. The number of anilines is 1. The zero-order valence-electron chi connectivity index (χ0n) is 14.8. The number of nitrogens with zero attached hydrogens (tertiary/aromatic N) is 3. The molecule has 9 heteroatoms. The summed E-state index contributed by atoms with van der Waals surface area (Å²) in [5, 5.41) is 11.1. The number of esters is 1. The number of thioether (sulfide) groups is 1. The van der Waals surface area contributed by atoms with Crippen molar-refractivity contribution < 1.29 is 14.3 Å². The second-order valence-corrected chi connectivity index (χ2v) is 7.93. The molecule has 2 aliphatic rings. The van der Waals surface area contributed by atoms with E-state index in [9.17, 15) is 9.59 Å². The SMILES string of the molecule is COC(=O)/C=C1/S/C(=N\N=Cc2ccc(Br)cc2N2CCCCC2)NC1=O. The van der Waals surface area contributed by atoms with Crippen molar-refractivity contribution >= 4 is 56.6 Å². The van der Waals surface area contributed by atoms with E-state index >= 15 is 0 Å². The van der Waals surface area contributed by atoms with Crippen molar-refractivity contribution in [3.05, 3.63) is 39.2 Å². The Kier molecular flexibility index (Phi) is 6.68. The minimum absolute atomic E-state index is 0.230. The van der Waals surface area contributed by atoms with E-state index in [0.717, 1.165) is 46.7 Å². The smallest absolute Gasteiger partial charge is 0.331 e. The summed E-state index contributed by atoms with van der Waals surface area (Å²) in [6.07, 6.45) is 6.44. The maximum atomic E-state index is 11.8. The highest BCUT2D eigenvalue weighted by Gasteiger charge is 2.25. The molecule has 0 saturated carbocycles. The third-order valence-electron chi connectivity index (χ3n) is 4.14. The largest absolute Gasteiger partial charge is 0.466 e. The minimum atomic E-state index is -0.585. The summed E-state index contributed by atoms with van der Waals surface area (Å²) in [6, 6.07) is 6.04. The number of amides is 1. The number of halogens is 1. The number of ether oxygens (including phenoxy) is 1. The van der Waals surface area contributed by atoms with Crippen LogP contribution in [0.1, 0.15) is 24.8 Å². The Morgan fingerprint density at radius 2 is 2.11 bits per heavy atom. The quantitative estimate of drug-likeness (QED) is 0.329. The standard InChI is InChI=1S/C18H19BrN4O3S/c1-26-16(24)10-15-17(25)21-18(27-15)22-20-11-12-5-6-13(19)9-14(12)23-7-3-2-4-8-23/h5-6,9-11H,2-4,7-8H2,1H3,(H,21,22,25)/b15-10+,20-11?. The van der Waals surface area contributed by atoms with Crippen molar-refractivity contribution in [3.8, 4) is 0 Å². The van der Waals surface area contributed by atoms with Gasteiger partial charge in [-0.25, -0.2) is 4.79 Å². The molecule has 0 bridgehead atoms. The summed E-state index contributed by atoms with van der Waals surface area (Å²) < 4.78 is 5.54. The van der Waals surface area contributed by atoms with Crippen LogP contribution in [0.4, 0.5) is 5.69 Å². The summed E-state index contributed by atoms with van der Waals surface area (Å²) in [5.41, 5.74) is 2.08. The van der Waals surface area contributed by atoms with Gasteiger partial charge in [-0.15, -0.1) is 5.10 Å². The van der Waals surface area contributed by atoms with Crippen LogP contribution in [0.3, 0.4) is 0 Å². The van der Waals surface area contributed by atoms with E-state index in [1.165, 1.54) is 26.4 Å². The van der Waals surface area contributed by atoms with Gasteiger partial charge in [-0.05, 0) is 43.2 Å². The van der Waals surface area contributed by atoms with Crippen LogP contribution in [0.25, 0.3) is 0 Å². The molecule has 0 aromatic heterocycles. The van der Waals surface area contributed by atoms with Crippen LogP contribution in [0.5, 0.6) is 0 Å². The Labute approximate surface area is 170 Å². The molecule has 1 aromatic rings.